The smallest absolute Gasteiger partial charge is 0.233 e. The van der Waals surface area contributed by atoms with Crippen LogP contribution < -0.4 is 26.7 Å². The summed E-state index contributed by atoms with van der Waals surface area (Å²) in [6.45, 7) is 2.74. The summed E-state index contributed by atoms with van der Waals surface area (Å²) in [5.74, 6) is -0.926. The molecule has 0 aromatic carbocycles. The molecule has 5 atom stereocenters. The average molecular weight is 499 g/mol. The minimum absolute atomic E-state index is 0.160. The number of ether oxygens (including phenoxy) is 1. The molecule has 0 spiro atoms. The molecule has 0 radical (unpaired) electrons. The number of hydrogen-bond donors (Lipinski definition) is 4. The number of piperazine rings is 1. The number of nitrogens with two attached hydrogens (primary N) is 1. The number of nitrogens with one attached hydrogen (secondary N) is 3. The number of hydrazine groups is 1. The van der Waals surface area contributed by atoms with Crippen LogP contribution in [-0.2, 0) is 19.6 Å². The van der Waals surface area contributed by atoms with Gasteiger partial charge in [0.1, 0.15) is 11.4 Å². The molecule has 4 aliphatic heterocycles. The van der Waals surface area contributed by atoms with Crippen LogP contribution >= 0.6 is 0 Å². The second-order valence-corrected chi connectivity index (χ2v) is 11.3. The predicted octanol–water partition coefficient (Wildman–Crippen LogP) is -1.75. The highest BCUT2D eigenvalue weighted by Crippen LogP contribution is 2.29. The Balaban J connectivity index is 1.25. The second kappa shape index (κ2) is 9.60. The van der Waals surface area contributed by atoms with E-state index in [-0.39, 0.29) is 25.6 Å². The van der Waals surface area contributed by atoms with E-state index in [4.69, 9.17) is 10.5 Å². The molecule has 0 saturated carbocycles. The largest absolute Gasteiger partial charge is 0.380 e. The standard InChI is InChI=1S/C20H31FN8O4S/c21-13-9-24-19-17(18(22)26-29(19)11-13)20(30)25-15-10-23-3-1-16(15)27-4-6-28(7-5-27)34(31,32)14-2-8-33-12-14/h1,3,10,13-14,17-19,24,26H,2,4-9,11-12,22H2,(H,25,30). The average Bonchev–Trinajstić information content (AvgIpc) is 3.47. The monoisotopic (exact) mass is 498 g/mol. The van der Waals surface area contributed by atoms with Gasteiger partial charge in [0.2, 0.25) is 15.9 Å². The van der Waals surface area contributed by atoms with Crippen LogP contribution in [0.3, 0.4) is 0 Å². The number of nitrogens with zero attached hydrogens (tertiary/aromatic N) is 4. The first-order chi connectivity index (χ1) is 16.3. The zero-order valence-corrected chi connectivity index (χ0v) is 19.6. The van der Waals surface area contributed by atoms with E-state index in [0.717, 1.165) is 5.69 Å². The Labute approximate surface area is 198 Å². The molecule has 5 rings (SSSR count). The number of sulfonamides is 1. The van der Waals surface area contributed by atoms with Crippen molar-refractivity contribution in [2.24, 2.45) is 11.7 Å². The van der Waals surface area contributed by atoms with Crippen LogP contribution in [0.25, 0.3) is 0 Å². The van der Waals surface area contributed by atoms with Gasteiger partial charge in [-0.2, -0.15) is 4.31 Å². The van der Waals surface area contributed by atoms with Crippen molar-refractivity contribution < 1.29 is 22.3 Å². The van der Waals surface area contributed by atoms with E-state index in [1.165, 1.54) is 4.31 Å². The maximum absolute atomic E-state index is 13.7. The van der Waals surface area contributed by atoms with E-state index in [1.54, 1.807) is 23.5 Å². The number of carbonyl (C=O) groups excluding carboxylic acids is 1. The number of alkyl halides is 1. The Morgan fingerprint density at radius 2 is 2.09 bits per heavy atom. The fraction of sp³-hybridized carbons (Fsp3) is 0.700. The van der Waals surface area contributed by atoms with Crippen molar-refractivity contribution in [2.75, 3.05) is 62.7 Å². The first-order valence-electron chi connectivity index (χ1n) is 11.6. The lowest BCUT2D eigenvalue weighted by Crippen LogP contribution is -2.58. The highest BCUT2D eigenvalue weighted by Gasteiger charge is 2.47. The molecule has 12 nitrogen and oxygen atoms in total. The van der Waals surface area contributed by atoms with Gasteiger partial charge in [-0.05, 0) is 12.5 Å². The fourth-order valence-electron chi connectivity index (χ4n) is 5.10. The third-order valence-corrected chi connectivity index (χ3v) is 9.23. The Morgan fingerprint density at radius 1 is 1.29 bits per heavy atom. The van der Waals surface area contributed by atoms with Crippen LogP contribution in [0, 0.1) is 5.92 Å². The first kappa shape index (κ1) is 23.8. The highest BCUT2D eigenvalue weighted by molar-refractivity contribution is 7.89. The SMILES string of the molecule is NC1NN2CC(F)CNC2C1C(=O)Nc1cnccc1N1CCN(S(=O)(=O)C2CCOC2)CC1. The van der Waals surface area contributed by atoms with Gasteiger partial charge in [0.25, 0.3) is 0 Å². The summed E-state index contributed by atoms with van der Waals surface area (Å²) in [6, 6.07) is 1.80. The fourth-order valence-corrected chi connectivity index (χ4v) is 6.85. The summed E-state index contributed by atoms with van der Waals surface area (Å²) in [5.41, 5.74) is 10.4. The van der Waals surface area contributed by atoms with Gasteiger partial charge < -0.3 is 20.7 Å². The molecule has 1 aromatic rings. The van der Waals surface area contributed by atoms with Crippen molar-refractivity contribution >= 4 is 27.3 Å². The van der Waals surface area contributed by atoms with Crippen LogP contribution in [0.1, 0.15) is 6.42 Å². The lowest BCUT2D eigenvalue weighted by atomic mass is 10.0. The number of carbonyl (C=O) groups is 1. The summed E-state index contributed by atoms with van der Waals surface area (Å²) in [7, 11) is -3.39. The minimum Gasteiger partial charge on any atom is -0.380 e. The molecule has 0 aliphatic carbocycles. The predicted molar refractivity (Wildman–Crippen MR) is 123 cm³/mol. The van der Waals surface area contributed by atoms with Crippen LogP contribution in [-0.4, -0.2) is 105 Å². The van der Waals surface area contributed by atoms with Crippen molar-refractivity contribution in [1.29, 1.82) is 0 Å². The Bertz CT molecular complexity index is 1000. The summed E-state index contributed by atoms with van der Waals surface area (Å²) >= 11 is 0. The van der Waals surface area contributed by atoms with Gasteiger partial charge in [0.05, 0.1) is 42.4 Å². The summed E-state index contributed by atoms with van der Waals surface area (Å²) < 4.78 is 46.3. The number of fused-ring (bicyclic) bond motifs is 1. The molecule has 188 valence electrons. The maximum Gasteiger partial charge on any atom is 0.233 e. The van der Waals surface area contributed by atoms with E-state index in [0.29, 0.717) is 44.9 Å². The molecule has 1 amide bonds. The third kappa shape index (κ3) is 4.51. The molecule has 5 heterocycles. The van der Waals surface area contributed by atoms with E-state index in [9.17, 15) is 17.6 Å². The van der Waals surface area contributed by atoms with Gasteiger partial charge in [-0.3, -0.25) is 15.1 Å². The van der Waals surface area contributed by atoms with E-state index in [1.807, 2.05) is 4.90 Å². The van der Waals surface area contributed by atoms with Gasteiger partial charge in [0.15, 0.2) is 0 Å². The van der Waals surface area contributed by atoms with Gasteiger partial charge in [-0.15, -0.1) is 0 Å². The normalized spacial score (nSPS) is 33.1. The molecule has 5 N–H and O–H groups in total. The van der Waals surface area contributed by atoms with Crippen LogP contribution in [0.4, 0.5) is 15.8 Å². The van der Waals surface area contributed by atoms with Crippen molar-refractivity contribution in [1.82, 2.24) is 25.0 Å². The Hall–Kier alpha value is -1.94. The number of anilines is 2. The molecule has 0 bridgehead atoms. The van der Waals surface area contributed by atoms with Gasteiger partial charge in [-0.25, -0.2) is 23.2 Å². The molecule has 1 aromatic heterocycles. The zero-order valence-electron chi connectivity index (χ0n) is 18.8. The number of halogens is 1. The van der Waals surface area contributed by atoms with Gasteiger partial charge >= 0.3 is 0 Å². The molecule has 4 saturated heterocycles. The Kier molecular flexibility index (Phi) is 6.72. The summed E-state index contributed by atoms with van der Waals surface area (Å²) in [6.07, 6.45) is 1.64. The number of hydrogen-bond acceptors (Lipinski definition) is 10. The van der Waals surface area contributed by atoms with Crippen molar-refractivity contribution in [3.63, 3.8) is 0 Å². The van der Waals surface area contributed by atoms with Crippen molar-refractivity contribution in [2.45, 2.75) is 30.2 Å². The molecule has 34 heavy (non-hydrogen) atoms. The summed E-state index contributed by atoms with van der Waals surface area (Å²) in [4.78, 5) is 19.4. The maximum atomic E-state index is 13.7. The number of aromatic nitrogens is 1. The quantitative estimate of drug-likeness (QED) is 0.369. The molecule has 4 fully saturated rings. The van der Waals surface area contributed by atoms with E-state index < -0.39 is 39.7 Å². The van der Waals surface area contributed by atoms with Gasteiger partial charge in [0, 0.05) is 52.1 Å². The minimum atomic E-state index is -3.39. The first-order valence-corrected chi connectivity index (χ1v) is 13.1. The Morgan fingerprint density at radius 3 is 2.82 bits per heavy atom. The summed E-state index contributed by atoms with van der Waals surface area (Å²) in [5, 5.41) is 7.16. The topological polar surface area (TPSA) is 145 Å². The van der Waals surface area contributed by atoms with Crippen LogP contribution in [0.15, 0.2) is 18.5 Å². The van der Waals surface area contributed by atoms with E-state index >= 15 is 0 Å². The second-order valence-electron chi connectivity index (χ2n) is 9.08. The molecule has 4 aliphatic rings. The van der Waals surface area contributed by atoms with Crippen LogP contribution in [0.5, 0.6) is 0 Å². The lowest BCUT2D eigenvalue weighted by Gasteiger charge is -2.37. The highest BCUT2D eigenvalue weighted by atomic mass is 32.2. The third-order valence-electron chi connectivity index (χ3n) is 6.93. The van der Waals surface area contributed by atoms with Crippen molar-refractivity contribution in [3.05, 3.63) is 18.5 Å². The molecular formula is C20H31FN8O4S. The lowest BCUT2D eigenvalue weighted by molar-refractivity contribution is -0.121. The van der Waals surface area contributed by atoms with Crippen LogP contribution in [0.2, 0.25) is 0 Å². The number of pyridine rings is 1. The molecule has 5 unspecified atom stereocenters. The van der Waals surface area contributed by atoms with Crippen molar-refractivity contribution in [3.8, 4) is 0 Å². The molecular weight excluding hydrogens is 467 g/mol. The number of amides is 1. The molecule has 14 heteroatoms. The zero-order chi connectivity index (χ0) is 23.9. The van der Waals surface area contributed by atoms with Gasteiger partial charge in [-0.1, -0.05) is 0 Å². The van der Waals surface area contributed by atoms with E-state index in [2.05, 4.69) is 21.0 Å². The number of rotatable bonds is 5.